The van der Waals surface area contributed by atoms with E-state index in [1.165, 1.54) is 18.2 Å². The summed E-state index contributed by atoms with van der Waals surface area (Å²) >= 11 is 0. The number of amides is 1. The van der Waals surface area contributed by atoms with E-state index in [0.717, 1.165) is 34.0 Å². The Morgan fingerprint density at radius 2 is 1.59 bits per heavy atom. The molecule has 0 spiro atoms. The standard InChI is InChI=1S/C26H27NO4S/c1-3-4-20-31-24-15-12-22(13-16-24)14-19-26(28)27(23-8-6-5-7-9-23)32(29,30)25-17-10-21(2)11-18-25/h5-19H,3-4,20H2,1-2H3/b19-14+. The first-order valence-electron chi connectivity index (χ1n) is 10.5. The van der Waals surface area contributed by atoms with Crippen molar-refractivity contribution in [2.45, 2.75) is 31.6 Å². The monoisotopic (exact) mass is 449 g/mol. The summed E-state index contributed by atoms with van der Waals surface area (Å²) in [5, 5.41) is 0. The van der Waals surface area contributed by atoms with Gasteiger partial charge in [0.2, 0.25) is 0 Å². The number of aryl methyl sites for hydroxylation is 1. The third kappa shape index (κ3) is 5.86. The number of anilines is 1. The summed E-state index contributed by atoms with van der Waals surface area (Å²) in [5.74, 6) is 0.106. The minimum atomic E-state index is -4.08. The van der Waals surface area contributed by atoms with E-state index < -0.39 is 15.9 Å². The number of hydrogen-bond acceptors (Lipinski definition) is 4. The Balaban J connectivity index is 1.86. The second-order valence-corrected chi connectivity index (χ2v) is 9.15. The van der Waals surface area contributed by atoms with Crippen molar-refractivity contribution in [3.63, 3.8) is 0 Å². The molecule has 3 rings (SSSR count). The van der Waals surface area contributed by atoms with E-state index >= 15 is 0 Å². The number of carbonyl (C=O) groups excluding carboxylic acids is 1. The smallest absolute Gasteiger partial charge is 0.271 e. The molecule has 0 atom stereocenters. The average Bonchev–Trinajstić information content (AvgIpc) is 2.80. The highest BCUT2D eigenvalue weighted by atomic mass is 32.2. The third-order valence-electron chi connectivity index (χ3n) is 4.82. The lowest BCUT2D eigenvalue weighted by molar-refractivity contribution is -0.113. The molecule has 0 aromatic heterocycles. The van der Waals surface area contributed by atoms with Crippen LogP contribution in [0.15, 0.2) is 89.8 Å². The zero-order chi connectivity index (χ0) is 23.0. The summed E-state index contributed by atoms with van der Waals surface area (Å²) in [6.07, 6.45) is 4.91. The molecule has 166 valence electrons. The van der Waals surface area contributed by atoms with Gasteiger partial charge in [-0.25, -0.2) is 8.42 Å². The molecule has 6 heteroatoms. The molecule has 0 saturated carbocycles. The number of ether oxygens (including phenoxy) is 1. The van der Waals surface area contributed by atoms with Gasteiger partial charge in [-0.15, -0.1) is 0 Å². The maximum atomic E-state index is 13.3. The number of nitrogens with zero attached hydrogens (tertiary/aromatic N) is 1. The Bertz CT molecular complexity index is 1150. The summed E-state index contributed by atoms with van der Waals surface area (Å²) in [6, 6.07) is 22.1. The van der Waals surface area contributed by atoms with Gasteiger partial charge in [0.25, 0.3) is 15.9 Å². The Labute approximate surface area is 190 Å². The SMILES string of the molecule is CCCCOc1ccc(/C=C/C(=O)N(c2ccccc2)S(=O)(=O)c2ccc(C)cc2)cc1. The minimum absolute atomic E-state index is 0.0577. The summed E-state index contributed by atoms with van der Waals surface area (Å²) in [4.78, 5) is 13.1. The molecule has 0 heterocycles. The van der Waals surface area contributed by atoms with Gasteiger partial charge in [0, 0.05) is 6.08 Å². The van der Waals surface area contributed by atoms with Crippen molar-refractivity contribution < 1.29 is 17.9 Å². The van der Waals surface area contributed by atoms with Crippen LogP contribution in [0.4, 0.5) is 5.69 Å². The number of carbonyl (C=O) groups is 1. The zero-order valence-electron chi connectivity index (χ0n) is 18.3. The van der Waals surface area contributed by atoms with E-state index in [0.29, 0.717) is 6.61 Å². The molecule has 3 aromatic carbocycles. The first-order valence-corrected chi connectivity index (χ1v) is 12.0. The largest absolute Gasteiger partial charge is 0.494 e. The molecule has 0 saturated heterocycles. The molecule has 32 heavy (non-hydrogen) atoms. The van der Waals surface area contributed by atoms with Gasteiger partial charge in [0.05, 0.1) is 17.2 Å². The first kappa shape index (κ1) is 23.3. The maximum absolute atomic E-state index is 13.3. The van der Waals surface area contributed by atoms with E-state index in [1.807, 2.05) is 31.2 Å². The zero-order valence-corrected chi connectivity index (χ0v) is 19.1. The number of unbranched alkanes of at least 4 members (excludes halogenated alkanes) is 1. The maximum Gasteiger partial charge on any atom is 0.271 e. The molecule has 0 fully saturated rings. The molecule has 0 N–H and O–H groups in total. The minimum Gasteiger partial charge on any atom is -0.494 e. The molecule has 0 unspecified atom stereocenters. The van der Waals surface area contributed by atoms with Gasteiger partial charge in [-0.1, -0.05) is 61.4 Å². The summed E-state index contributed by atoms with van der Waals surface area (Å²) < 4.78 is 33.1. The quantitative estimate of drug-likeness (QED) is 0.315. The van der Waals surface area contributed by atoms with Crippen LogP contribution in [-0.4, -0.2) is 20.9 Å². The number of hydrogen-bond donors (Lipinski definition) is 0. The molecular weight excluding hydrogens is 422 g/mol. The van der Waals surface area contributed by atoms with E-state index in [2.05, 4.69) is 6.92 Å². The van der Waals surface area contributed by atoms with Crippen LogP contribution in [-0.2, 0) is 14.8 Å². The number of sulfonamides is 1. The summed E-state index contributed by atoms with van der Waals surface area (Å²) in [5.41, 5.74) is 1.98. The predicted molar refractivity (Wildman–Crippen MR) is 128 cm³/mol. The second-order valence-electron chi connectivity index (χ2n) is 7.36. The van der Waals surface area contributed by atoms with Crippen LogP contribution in [0.5, 0.6) is 5.75 Å². The molecule has 0 aliphatic heterocycles. The lowest BCUT2D eigenvalue weighted by Crippen LogP contribution is -2.35. The summed E-state index contributed by atoms with van der Waals surface area (Å²) in [6.45, 7) is 4.64. The molecule has 0 radical (unpaired) electrons. The average molecular weight is 450 g/mol. The van der Waals surface area contributed by atoms with Crippen LogP contribution in [0.25, 0.3) is 6.08 Å². The van der Waals surface area contributed by atoms with Crippen molar-refractivity contribution in [3.05, 3.63) is 96.1 Å². The number of rotatable bonds is 9. The molecular formula is C26H27NO4S. The highest BCUT2D eigenvalue weighted by Gasteiger charge is 2.29. The van der Waals surface area contributed by atoms with Crippen molar-refractivity contribution in [3.8, 4) is 5.75 Å². The van der Waals surface area contributed by atoms with Crippen LogP contribution < -0.4 is 9.04 Å². The highest BCUT2D eigenvalue weighted by molar-refractivity contribution is 7.93. The third-order valence-corrected chi connectivity index (χ3v) is 6.55. The van der Waals surface area contributed by atoms with Crippen molar-refractivity contribution in [2.24, 2.45) is 0 Å². The lowest BCUT2D eigenvalue weighted by atomic mass is 10.2. The molecule has 0 aliphatic rings. The van der Waals surface area contributed by atoms with Crippen LogP contribution in [0.1, 0.15) is 30.9 Å². The van der Waals surface area contributed by atoms with E-state index in [4.69, 9.17) is 4.74 Å². The van der Waals surface area contributed by atoms with E-state index in [1.54, 1.807) is 48.5 Å². The van der Waals surface area contributed by atoms with Crippen molar-refractivity contribution in [1.29, 1.82) is 0 Å². The fraction of sp³-hybridized carbons (Fsp3) is 0.192. The Morgan fingerprint density at radius 3 is 2.22 bits per heavy atom. The molecule has 0 bridgehead atoms. The second kappa shape index (κ2) is 10.8. The predicted octanol–water partition coefficient (Wildman–Crippen LogP) is 5.61. The first-order chi connectivity index (χ1) is 15.4. The summed E-state index contributed by atoms with van der Waals surface area (Å²) in [7, 11) is -4.08. The van der Waals surface area contributed by atoms with Crippen molar-refractivity contribution in [2.75, 3.05) is 10.9 Å². The van der Waals surface area contributed by atoms with Crippen molar-refractivity contribution in [1.82, 2.24) is 0 Å². The highest BCUT2D eigenvalue weighted by Crippen LogP contribution is 2.25. The van der Waals surface area contributed by atoms with Crippen LogP contribution >= 0.6 is 0 Å². The Hall–Kier alpha value is -3.38. The number of para-hydroxylation sites is 1. The lowest BCUT2D eigenvalue weighted by Gasteiger charge is -2.21. The Morgan fingerprint density at radius 1 is 0.938 bits per heavy atom. The normalized spacial score (nSPS) is 11.4. The van der Waals surface area contributed by atoms with Gasteiger partial charge in [0.1, 0.15) is 5.75 Å². The Kier molecular flexibility index (Phi) is 7.84. The molecule has 0 aliphatic carbocycles. The molecule has 1 amide bonds. The van der Waals surface area contributed by atoms with Crippen LogP contribution in [0.3, 0.4) is 0 Å². The van der Waals surface area contributed by atoms with Gasteiger partial charge >= 0.3 is 0 Å². The van der Waals surface area contributed by atoms with Gasteiger partial charge < -0.3 is 4.74 Å². The topological polar surface area (TPSA) is 63.7 Å². The molecule has 5 nitrogen and oxygen atoms in total. The van der Waals surface area contributed by atoms with Crippen LogP contribution in [0, 0.1) is 6.92 Å². The fourth-order valence-electron chi connectivity index (χ4n) is 3.01. The fourth-order valence-corrected chi connectivity index (χ4v) is 4.40. The van der Waals surface area contributed by atoms with Gasteiger partial charge in [0.15, 0.2) is 0 Å². The van der Waals surface area contributed by atoms with Gasteiger partial charge in [-0.05, 0) is 61.4 Å². The van der Waals surface area contributed by atoms with Gasteiger partial charge in [-0.2, -0.15) is 4.31 Å². The van der Waals surface area contributed by atoms with E-state index in [9.17, 15) is 13.2 Å². The van der Waals surface area contributed by atoms with E-state index in [-0.39, 0.29) is 10.6 Å². The number of benzene rings is 3. The van der Waals surface area contributed by atoms with Crippen LogP contribution in [0.2, 0.25) is 0 Å². The molecule has 3 aromatic rings. The van der Waals surface area contributed by atoms with Gasteiger partial charge in [-0.3, -0.25) is 4.79 Å². The van der Waals surface area contributed by atoms with Crippen molar-refractivity contribution >= 4 is 27.7 Å².